The van der Waals surface area contributed by atoms with E-state index in [4.69, 9.17) is 0 Å². The van der Waals surface area contributed by atoms with Crippen molar-refractivity contribution < 1.29 is 42.3 Å². The Labute approximate surface area is 796 Å². The number of pyridine rings is 1. The summed E-state index contributed by atoms with van der Waals surface area (Å²) in [4.78, 5) is 158. The van der Waals surface area contributed by atoms with Crippen LogP contribution < -0.4 is 54.4 Å². The number of H-pyrrole nitrogens is 5. The number of carbonyl (C=O) groups is 5. The molecule has 0 aliphatic carbocycles. The first-order chi connectivity index (χ1) is 66.9. The molecule has 37 heteroatoms. The second-order valence-corrected chi connectivity index (χ2v) is 34.9. The first kappa shape index (κ1) is 99.3. The molecule has 13 heterocycles. The molecule has 0 bridgehead atoms. The number of aliphatic hydroxyl groups is 1. The molecule has 722 valence electrons. The van der Waals surface area contributed by atoms with E-state index in [9.17, 15) is 66.2 Å². The summed E-state index contributed by atoms with van der Waals surface area (Å²) in [6.45, 7) is 18.4. The average Bonchev–Trinajstić information content (AvgIpc) is 1.62. The van der Waals surface area contributed by atoms with Crippen LogP contribution in [0.15, 0.2) is 213 Å². The summed E-state index contributed by atoms with van der Waals surface area (Å²) in [6.07, 6.45) is 18.8. The molecule has 2 aliphatic rings. The molecule has 16 aromatic rings. The number of aryl methyl sites for hydroxylation is 5. The second-order valence-electron chi connectivity index (χ2n) is 34.9. The second kappa shape index (κ2) is 45.8. The van der Waals surface area contributed by atoms with Crippen molar-refractivity contribution >= 4 is 57.8 Å². The maximum absolute atomic E-state index is 13.1. The number of aromatic nitrogens is 16. The molecule has 0 spiro atoms. The Kier molecular flexibility index (Phi) is 32.7. The fourth-order valence-electron chi connectivity index (χ4n) is 16.6. The molecule has 11 aromatic heterocycles. The molecule has 0 radical (unpaired) electrons. The number of likely N-dealkylation sites (tertiary alicyclic amines) is 2. The van der Waals surface area contributed by atoms with Crippen LogP contribution in [0, 0.1) is 58.0 Å². The van der Waals surface area contributed by atoms with Gasteiger partial charge in [0.2, 0.25) is 0 Å². The number of piperidine rings is 2. The van der Waals surface area contributed by atoms with Gasteiger partial charge >= 0.3 is 0 Å². The van der Waals surface area contributed by atoms with Gasteiger partial charge in [-0.05, 0) is 196 Å². The highest BCUT2D eigenvalue weighted by Crippen LogP contribution is 2.23. The zero-order valence-corrected chi connectivity index (χ0v) is 78.7. The fourth-order valence-corrected chi connectivity index (χ4v) is 16.6. The van der Waals surface area contributed by atoms with Crippen LogP contribution in [0.25, 0.3) is 28.2 Å². The van der Waals surface area contributed by atoms with Gasteiger partial charge in [0.15, 0.2) is 28.2 Å². The number of carbonyl (C=O) groups excluding carboxylic acids is 5. The van der Waals surface area contributed by atoms with Crippen molar-refractivity contribution in [3.8, 4) is 0 Å². The number of benzene rings is 5. The number of hydrogen-bond donors (Lipinski definition) is 11. The van der Waals surface area contributed by atoms with Crippen molar-refractivity contribution in [2.75, 3.05) is 59.9 Å². The van der Waals surface area contributed by atoms with Gasteiger partial charge in [0, 0.05) is 171 Å². The Morgan fingerprint density at radius 3 is 1.08 bits per heavy atom. The van der Waals surface area contributed by atoms with Crippen LogP contribution in [-0.2, 0) is 38.6 Å². The van der Waals surface area contributed by atoms with Gasteiger partial charge < -0.3 is 41.5 Å². The molecular weight excluding hydrogens is 1780 g/mol. The van der Waals surface area contributed by atoms with Crippen LogP contribution in [0.3, 0.4) is 0 Å². The minimum atomic E-state index is -0.484. The summed E-state index contributed by atoms with van der Waals surface area (Å²) in [6, 6.07) is 41.3. The number of hydrogen-bond acceptors (Lipinski definition) is 19. The number of unbranched alkanes of at least 4 members (excludes halogenated alkanes) is 1. The van der Waals surface area contributed by atoms with Crippen molar-refractivity contribution in [3.63, 3.8) is 0 Å². The molecule has 2 aliphatic heterocycles. The molecule has 34 nitrogen and oxygen atoms in total. The molecule has 18 rings (SSSR count). The molecule has 0 saturated carbocycles. The van der Waals surface area contributed by atoms with Crippen molar-refractivity contribution in [1.29, 1.82) is 0 Å². The average molecular weight is 1890 g/mol. The molecule has 139 heavy (non-hydrogen) atoms. The lowest BCUT2D eigenvalue weighted by Gasteiger charge is -2.29. The Hall–Kier alpha value is -15.6. The van der Waals surface area contributed by atoms with Crippen LogP contribution in [0.1, 0.15) is 200 Å². The first-order valence-electron chi connectivity index (χ1n) is 46.1. The smallest absolute Gasteiger partial charge is 0.276 e. The number of amides is 5. The van der Waals surface area contributed by atoms with E-state index in [1.54, 1.807) is 89.5 Å². The minimum absolute atomic E-state index is 0.124. The molecule has 1 unspecified atom stereocenters. The van der Waals surface area contributed by atoms with Gasteiger partial charge in [-0.3, -0.25) is 78.4 Å². The van der Waals surface area contributed by atoms with Gasteiger partial charge in [-0.25, -0.2) is 60.7 Å². The SMILES string of the molecule is CCCCNC(=O)c1c[nH]n2c(=O)c(Cc3ccccc3)c(C)nc12.Cc1nc2c(C(=O)NC3CCN(C)CC3)c[nH]n2c(=O)c1Cc1ccc(F)cc1.Cc1nc2c(C(=O)NCC3CCCN(C)C3)c[nH]n2c(=O)c1Cc1ccc(F)cc1.Cc1nc2c(C(=O)NCC[C@H](C)O)c[nH]n2c(=O)c1Cc1ccccc1.Cc1nc2c(C(=O)NCc3cccnc3)c[nH]n2c(=O)c1Cc1ccc(F)cc1. The lowest BCUT2D eigenvalue weighted by Crippen LogP contribution is -2.43. The van der Waals surface area contributed by atoms with Crippen LogP contribution >= 0.6 is 0 Å². The maximum Gasteiger partial charge on any atom is 0.276 e. The third-order valence-electron chi connectivity index (χ3n) is 24.5. The van der Waals surface area contributed by atoms with Gasteiger partial charge in [-0.15, -0.1) is 0 Å². The van der Waals surface area contributed by atoms with E-state index < -0.39 is 6.10 Å². The molecule has 5 amide bonds. The summed E-state index contributed by atoms with van der Waals surface area (Å²) in [5, 5.41) is 37.9. The normalized spacial score (nSPS) is 13.6. The lowest BCUT2D eigenvalue weighted by atomic mass is 9.98. The topological polar surface area (TPSA) is 436 Å². The number of fused-ring (bicyclic) bond motifs is 5. The van der Waals surface area contributed by atoms with Crippen molar-refractivity contribution in [3.05, 3.63) is 376 Å². The summed E-state index contributed by atoms with van der Waals surface area (Å²) < 4.78 is 45.9. The molecule has 5 aromatic carbocycles. The van der Waals surface area contributed by atoms with Crippen molar-refractivity contribution in [2.24, 2.45) is 5.92 Å². The van der Waals surface area contributed by atoms with Gasteiger partial charge in [0.25, 0.3) is 57.3 Å². The summed E-state index contributed by atoms with van der Waals surface area (Å²) in [7, 11) is 4.16. The number of halogens is 3. The number of nitrogens with one attached hydrogen (secondary N) is 10. The van der Waals surface area contributed by atoms with Gasteiger partial charge in [0.05, 0.1) is 6.10 Å². The Morgan fingerprint density at radius 1 is 0.410 bits per heavy atom. The van der Waals surface area contributed by atoms with Crippen molar-refractivity contribution in [1.82, 2.24) is 114 Å². The molecule has 2 atom stereocenters. The quantitative estimate of drug-likeness (QED) is 0.0224. The van der Waals surface area contributed by atoms with Crippen LogP contribution in [0.5, 0.6) is 0 Å². The van der Waals surface area contributed by atoms with Crippen molar-refractivity contribution in [2.45, 2.75) is 144 Å². The van der Waals surface area contributed by atoms with E-state index in [0.717, 1.165) is 98.1 Å². The summed E-state index contributed by atoms with van der Waals surface area (Å²) in [5.41, 5.74) is 13.1. The van der Waals surface area contributed by atoms with E-state index in [-0.39, 0.29) is 92.0 Å². The van der Waals surface area contributed by atoms with Gasteiger partial charge in [-0.1, -0.05) is 116 Å². The van der Waals surface area contributed by atoms with E-state index in [2.05, 4.69) is 113 Å². The highest BCUT2D eigenvalue weighted by molar-refractivity contribution is 6.02. The largest absolute Gasteiger partial charge is 0.393 e. The minimum Gasteiger partial charge on any atom is -0.393 e. The third kappa shape index (κ3) is 24.6. The van der Waals surface area contributed by atoms with E-state index >= 15 is 0 Å². The zero-order chi connectivity index (χ0) is 98.7. The Balaban J connectivity index is 0.000000139. The Morgan fingerprint density at radius 2 is 0.741 bits per heavy atom. The predicted octanol–water partition coefficient (Wildman–Crippen LogP) is 10.3. The highest BCUT2D eigenvalue weighted by Gasteiger charge is 2.28. The van der Waals surface area contributed by atoms with Crippen LogP contribution in [0.4, 0.5) is 13.2 Å². The molecule has 11 N–H and O–H groups in total. The highest BCUT2D eigenvalue weighted by atomic mass is 19.1. The first-order valence-corrected chi connectivity index (χ1v) is 46.1. The third-order valence-corrected chi connectivity index (χ3v) is 24.5. The number of nitrogens with zero attached hydrogens (tertiary/aromatic N) is 13. The predicted molar refractivity (Wildman–Crippen MR) is 521 cm³/mol. The molecule has 2 saturated heterocycles. The Bertz CT molecular complexity index is 7380. The zero-order valence-electron chi connectivity index (χ0n) is 78.7. The fraction of sp³-hybridized carbons (Fsp3) is 0.314. The number of aromatic amines is 5. The standard InChI is InChI=1S/C22H26FN5O2.C21H24FN5O2.C21H18FN5O2.C19H22N4O3.C19H22N4O2/c1-14-18(10-15-5-7-17(23)8-6-15)22(30)28-20(26-14)19(12-25-28)21(29)24-11-16-4-3-9-27(2)13-16;1-13-17(11-14-3-5-15(22)6-4-14)21(29)27-19(24-13)18(12-23-27)20(28)25-16-7-9-26(2)10-8-16;1-13-17(9-14-4-6-16(22)7-5-14)21(29)27-19(26-13)18(12-25-27)20(28)24-11-15-3-2-8-23-10-15;1-12(24)8-9-20-18(25)16-11-21-23-17(16)22-13(2)15(19(23)26)10-14-6-4-3-5-7-14;1-3-4-10-20-18(24)16-12-21-23-17(16)22-13(2)15(19(23)25)11-14-8-6-5-7-9-14/h5-8,12,16,25H,3-4,9-11,13H2,1-2H3,(H,24,29);3-6,12,16,23H,7-11H2,1-2H3,(H,25,28);2-8,10,12,25H,9,11H2,1H3,(H,24,28);3-7,11-12,21,24H,8-10H2,1-2H3,(H,20,25);5-9,12,21H,3-4,10-11H2,1-2H3,(H,20,24)/t;;;12-;/m...0./s1. The number of aliphatic hydroxyl groups excluding tert-OH is 1. The van der Waals surface area contributed by atoms with E-state index in [0.29, 0.717) is 172 Å². The van der Waals surface area contributed by atoms with Crippen LogP contribution in [-0.4, -0.2) is 194 Å². The van der Waals surface area contributed by atoms with Gasteiger partial charge in [-0.2, -0.15) is 0 Å². The van der Waals surface area contributed by atoms with E-state index in [1.165, 1.54) is 90.0 Å². The van der Waals surface area contributed by atoms with E-state index in [1.807, 2.05) is 73.7 Å². The summed E-state index contributed by atoms with van der Waals surface area (Å²) >= 11 is 0. The lowest BCUT2D eigenvalue weighted by molar-refractivity contribution is 0.0913. The number of rotatable bonds is 26. The van der Waals surface area contributed by atoms with Crippen LogP contribution in [0.2, 0.25) is 0 Å². The summed E-state index contributed by atoms with van der Waals surface area (Å²) in [5.74, 6) is -1.89. The molecule has 2 fully saturated rings. The van der Waals surface area contributed by atoms with Gasteiger partial charge in [0.1, 0.15) is 45.3 Å². The maximum atomic E-state index is 13.1. The molecular formula is C102H112F3N23O11. The monoisotopic (exact) mass is 1890 g/mol.